The second-order valence-electron chi connectivity index (χ2n) is 4.01. The largest absolute Gasteiger partial charge is 0.482 e. The maximum atomic E-state index is 11.2. The summed E-state index contributed by atoms with van der Waals surface area (Å²) < 4.78 is 10.2. The Morgan fingerprint density at radius 2 is 1.94 bits per heavy atom. The van der Waals surface area contributed by atoms with E-state index in [1.54, 1.807) is 13.8 Å². The van der Waals surface area contributed by atoms with Gasteiger partial charge in [-0.2, -0.15) is 0 Å². The number of carbonyl (C=O) groups is 1. The minimum absolute atomic E-state index is 0.0611. The monoisotopic (exact) mass is 237 g/mol. The summed E-state index contributed by atoms with van der Waals surface area (Å²) in [6, 6.07) is 7.53. The molecular weight excluding hydrogens is 218 g/mol. The molecule has 1 aromatic rings. The van der Waals surface area contributed by atoms with E-state index < -0.39 is 0 Å². The molecule has 0 atom stereocenters. The van der Waals surface area contributed by atoms with Gasteiger partial charge < -0.3 is 15.2 Å². The van der Waals surface area contributed by atoms with Crippen LogP contribution in [0.1, 0.15) is 19.4 Å². The average Bonchev–Trinajstić information content (AvgIpc) is 2.28. The Bertz CT molecular complexity index is 346. The van der Waals surface area contributed by atoms with E-state index in [0.29, 0.717) is 12.3 Å². The Morgan fingerprint density at radius 3 is 2.47 bits per heavy atom. The van der Waals surface area contributed by atoms with E-state index in [9.17, 15) is 4.79 Å². The molecule has 0 fully saturated rings. The van der Waals surface area contributed by atoms with Crippen molar-refractivity contribution in [2.45, 2.75) is 26.4 Å². The zero-order valence-electron chi connectivity index (χ0n) is 10.3. The third-order valence-corrected chi connectivity index (χ3v) is 2.08. The summed E-state index contributed by atoms with van der Waals surface area (Å²) in [5, 5.41) is 0. The number of hydrogen-bond donors (Lipinski definition) is 1. The third kappa shape index (κ3) is 5.36. The molecule has 0 heterocycles. The molecule has 0 aliphatic carbocycles. The molecule has 2 N–H and O–H groups in total. The highest BCUT2D eigenvalue weighted by atomic mass is 16.6. The lowest BCUT2D eigenvalue weighted by molar-refractivity contribution is -0.149. The summed E-state index contributed by atoms with van der Waals surface area (Å²) in [6.07, 6.45) is 0.730. The molecule has 0 unspecified atom stereocenters. The van der Waals surface area contributed by atoms with Gasteiger partial charge in [0, 0.05) is 0 Å². The predicted octanol–water partition coefficient (Wildman–Crippen LogP) is 1.52. The van der Waals surface area contributed by atoms with Crippen molar-refractivity contribution in [3.8, 4) is 5.75 Å². The minimum Gasteiger partial charge on any atom is -0.482 e. The fourth-order valence-corrected chi connectivity index (χ4v) is 1.36. The van der Waals surface area contributed by atoms with Gasteiger partial charge >= 0.3 is 5.97 Å². The number of benzene rings is 1. The standard InChI is InChI=1S/C13H19NO3/c1-10(2)17-13(15)9-16-12-5-3-11(4-6-12)7-8-14/h3-6,10H,7-9,14H2,1-2H3. The molecule has 94 valence electrons. The van der Waals surface area contributed by atoms with Crippen molar-refractivity contribution in [1.29, 1.82) is 0 Å². The molecule has 0 amide bonds. The van der Waals surface area contributed by atoms with Crippen molar-refractivity contribution in [1.82, 2.24) is 0 Å². The summed E-state index contributed by atoms with van der Waals surface area (Å²) in [6.45, 7) is 4.17. The lowest BCUT2D eigenvalue weighted by atomic mass is 10.1. The zero-order chi connectivity index (χ0) is 12.7. The molecule has 0 radical (unpaired) electrons. The third-order valence-electron chi connectivity index (χ3n) is 2.08. The lowest BCUT2D eigenvalue weighted by Gasteiger charge is -2.09. The number of esters is 1. The highest BCUT2D eigenvalue weighted by molar-refractivity contribution is 5.71. The van der Waals surface area contributed by atoms with Gasteiger partial charge in [0.15, 0.2) is 6.61 Å². The first-order valence-electron chi connectivity index (χ1n) is 5.73. The van der Waals surface area contributed by atoms with Crippen LogP contribution in [-0.2, 0) is 16.0 Å². The van der Waals surface area contributed by atoms with Crippen molar-refractivity contribution in [2.24, 2.45) is 5.73 Å². The van der Waals surface area contributed by atoms with Gasteiger partial charge in [-0.25, -0.2) is 4.79 Å². The van der Waals surface area contributed by atoms with Crippen LogP contribution in [0.5, 0.6) is 5.75 Å². The summed E-state index contributed by atoms with van der Waals surface area (Å²) in [5.74, 6) is 0.303. The number of nitrogens with two attached hydrogens (primary N) is 1. The summed E-state index contributed by atoms with van der Waals surface area (Å²) >= 11 is 0. The van der Waals surface area contributed by atoms with Crippen molar-refractivity contribution in [3.63, 3.8) is 0 Å². The van der Waals surface area contributed by atoms with Gasteiger partial charge in [-0.1, -0.05) is 12.1 Å². The van der Waals surface area contributed by atoms with Crippen LogP contribution < -0.4 is 10.5 Å². The summed E-state index contributed by atoms with van der Waals surface area (Å²) in [7, 11) is 0. The highest BCUT2D eigenvalue weighted by Crippen LogP contribution is 2.12. The van der Waals surface area contributed by atoms with Crippen molar-refractivity contribution >= 4 is 5.97 Å². The second-order valence-corrected chi connectivity index (χ2v) is 4.01. The van der Waals surface area contributed by atoms with E-state index in [1.807, 2.05) is 24.3 Å². The molecule has 0 aliphatic rings. The Kier molecular flexibility index (Phi) is 5.49. The van der Waals surface area contributed by atoms with Gasteiger partial charge in [0.05, 0.1) is 6.10 Å². The zero-order valence-corrected chi connectivity index (χ0v) is 10.3. The molecule has 4 nitrogen and oxygen atoms in total. The minimum atomic E-state index is -0.356. The van der Waals surface area contributed by atoms with Crippen LogP contribution in [0.25, 0.3) is 0 Å². The quantitative estimate of drug-likeness (QED) is 0.762. The number of ether oxygens (including phenoxy) is 2. The molecule has 0 aromatic heterocycles. The van der Waals surface area contributed by atoms with Crippen LogP contribution in [0.4, 0.5) is 0 Å². The molecule has 0 aliphatic heterocycles. The first-order valence-corrected chi connectivity index (χ1v) is 5.73. The Hall–Kier alpha value is -1.55. The van der Waals surface area contributed by atoms with E-state index in [4.69, 9.17) is 15.2 Å². The fourth-order valence-electron chi connectivity index (χ4n) is 1.36. The molecule has 17 heavy (non-hydrogen) atoms. The van der Waals surface area contributed by atoms with Crippen molar-refractivity contribution in [2.75, 3.05) is 13.2 Å². The first kappa shape index (κ1) is 13.5. The Balaban J connectivity index is 2.39. The van der Waals surface area contributed by atoms with Crippen LogP contribution in [0.3, 0.4) is 0 Å². The first-order chi connectivity index (χ1) is 8.11. The second kappa shape index (κ2) is 6.91. The van der Waals surface area contributed by atoms with E-state index in [0.717, 1.165) is 12.0 Å². The Labute approximate surface area is 102 Å². The topological polar surface area (TPSA) is 61.5 Å². The van der Waals surface area contributed by atoms with Crippen LogP contribution in [0.15, 0.2) is 24.3 Å². The van der Waals surface area contributed by atoms with Gasteiger partial charge in [0.25, 0.3) is 0 Å². The van der Waals surface area contributed by atoms with Gasteiger partial charge in [-0.3, -0.25) is 0 Å². The average molecular weight is 237 g/mol. The van der Waals surface area contributed by atoms with Gasteiger partial charge in [0.1, 0.15) is 5.75 Å². The van der Waals surface area contributed by atoms with Crippen LogP contribution >= 0.6 is 0 Å². The van der Waals surface area contributed by atoms with Crippen molar-refractivity contribution in [3.05, 3.63) is 29.8 Å². The van der Waals surface area contributed by atoms with Gasteiger partial charge in [-0.05, 0) is 44.5 Å². The SMILES string of the molecule is CC(C)OC(=O)COc1ccc(CCN)cc1. The number of hydrogen-bond acceptors (Lipinski definition) is 4. The van der Waals surface area contributed by atoms with E-state index in [2.05, 4.69) is 0 Å². The molecule has 0 bridgehead atoms. The smallest absolute Gasteiger partial charge is 0.344 e. The van der Waals surface area contributed by atoms with E-state index in [1.165, 1.54) is 0 Å². The normalized spacial score (nSPS) is 10.4. The number of rotatable bonds is 6. The fraction of sp³-hybridized carbons (Fsp3) is 0.462. The van der Waals surface area contributed by atoms with Gasteiger partial charge in [0.2, 0.25) is 0 Å². The predicted molar refractivity (Wildman–Crippen MR) is 65.9 cm³/mol. The Morgan fingerprint density at radius 1 is 1.29 bits per heavy atom. The molecule has 0 spiro atoms. The van der Waals surface area contributed by atoms with Crippen LogP contribution in [-0.4, -0.2) is 25.2 Å². The maximum absolute atomic E-state index is 11.2. The molecule has 1 rings (SSSR count). The van der Waals surface area contributed by atoms with E-state index >= 15 is 0 Å². The van der Waals surface area contributed by atoms with Crippen LogP contribution in [0, 0.1) is 0 Å². The molecule has 4 heteroatoms. The molecule has 0 saturated heterocycles. The molecule has 0 saturated carbocycles. The maximum Gasteiger partial charge on any atom is 0.344 e. The number of carbonyl (C=O) groups excluding carboxylic acids is 1. The summed E-state index contributed by atoms with van der Waals surface area (Å²) in [4.78, 5) is 11.2. The van der Waals surface area contributed by atoms with Gasteiger partial charge in [-0.15, -0.1) is 0 Å². The summed E-state index contributed by atoms with van der Waals surface area (Å²) in [5.41, 5.74) is 6.61. The van der Waals surface area contributed by atoms with Crippen molar-refractivity contribution < 1.29 is 14.3 Å². The van der Waals surface area contributed by atoms with Crippen LogP contribution in [0.2, 0.25) is 0 Å². The molecule has 1 aromatic carbocycles. The molecular formula is C13H19NO3. The lowest BCUT2D eigenvalue weighted by Crippen LogP contribution is -2.18. The highest BCUT2D eigenvalue weighted by Gasteiger charge is 2.06. The van der Waals surface area contributed by atoms with E-state index in [-0.39, 0.29) is 18.7 Å².